The monoisotopic (exact) mass is 280 g/mol. The Labute approximate surface area is 124 Å². The first-order valence-electron chi connectivity index (χ1n) is 7.39. The first-order valence-corrected chi connectivity index (χ1v) is 7.39. The Balaban J connectivity index is 0.000000829. The fourth-order valence-electron chi connectivity index (χ4n) is 1.54. The fraction of sp³-hybridized carbons (Fsp3) is 0.667. The highest BCUT2D eigenvalue weighted by atomic mass is 16.7. The normalized spacial score (nSPS) is 18.5. The van der Waals surface area contributed by atoms with Crippen molar-refractivity contribution >= 4 is 18.4 Å². The van der Waals surface area contributed by atoms with Crippen LogP contribution in [0.2, 0.25) is 0 Å². The van der Waals surface area contributed by atoms with Crippen LogP contribution in [0.5, 0.6) is 0 Å². The largest absolute Gasteiger partial charge is 0.496 e. The van der Waals surface area contributed by atoms with Gasteiger partial charge in [-0.1, -0.05) is 33.8 Å². The highest BCUT2D eigenvalue weighted by molar-refractivity contribution is 6.62. The van der Waals surface area contributed by atoms with E-state index in [-0.39, 0.29) is 18.3 Å². The third-order valence-corrected chi connectivity index (χ3v) is 3.33. The smallest absolute Gasteiger partial charge is 0.399 e. The van der Waals surface area contributed by atoms with Gasteiger partial charge in [-0.15, -0.1) is 0 Å². The van der Waals surface area contributed by atoms with Gasteiger partial charge in [0.2, 0.25) is 0 Å². The van der Waals surface area contributed by atoms with Gasteiger partial charge in [-0.25, -0.2) is 4.98 Å². The molecule has 0 unspecified atom stereocenters. The molecule has 0 bridgehead atoms. The molecule has 5 heteroatoms. The number of pyridine rings is 1. The van der Waals surface area contributed by atoms with Gasteiger partial charge in [-0.05, 0) is 33.8 Å². The first kappa shape index (κ1) is 18.9. The van der Waals surface area contributed by atoms with E-state index in [1.807, 2.05) is 61.5 Å². The molecule has 2 rings (SSSR count). The van der Waals surface area contributed by atoms with Gasteiger partial charge in [0, 0.05) is 11.7 Å². The van der Waals surface area contributed by atoms with Crippen molar-refractivity contribution in [1.29, 1.82) is 0 Å². The van der Waals surface area contributed by atoms with Crippen LogP contribution in [0.3, 0.4) is 0 Å². The zero-order valence-corrected chi connectivity index (χ0v) is 14.2. The number of hydrogen-bond acceptors (Lipinski definition) is 4. The summed E-state index contributed by atoms with van der Waals surface area (Å²) in [5.74, 6) is 0.500. The SMILES string of the molecule is CC.CC.CC1(C)OB(c2ccc(N)nc2)OC1(C)C. The maximum Gasteiger partial charge on any atom is 0.496 e. The zero-order valence-electron chi connectivity index (χ0n) is 14.2. The van der Waals surface area contributed by atoms with Crippen LogP contribution in [-0.2, 0) is 9.31 Å². The third-order valence-electron chi connectivity index (χ3n) is 3.33. The minimum atomic E-state index is -0.363. The Kier molecular flexibility index (Phi) is 7.24. The highest BCUT2D eigenvalue weighted by Crippen LogP contribution is 2.36. The average Bonchev–Trinajstić information content (AvgIpc) is 2.64. The first-order chi connectivity index (χ1) is 9.32. The molecule has 1 aliphatic heterocycles. The standard InChI is InChI=1S/C11H17BN2O2.2C2H6/c1-10(2)11(3,4)16-12(15-10)8-5-6-9(13)14-7-8;2*1-2/h5-7H,1-4H3,(H2,13,14);2*1-2H3. The molecule has 1 aliphatic rings. The van der Waals surface area contributed by atoms with E-state index in [4.69, 9.17) is 15.0 Å². The summed E-state index contributed by atoms with van der Waals surface area (Å²) in [5.41, 5.74) is 5.79. The van der Waals surface area contributed by atoms with E-state index >= 15 is 0 Å². The summed E-state index contributed by atoms with van der Waals surface area (Å²) < 4.78 is 11.8. The van der Waals surface area contributed by atoms with E-state index in [1.165, 1.54) is 0 Å². The van der Waals surface area contributed by atoms with Crippen molar-refractivity contribution < 1.29 is 9.31 Å². The topological polar surface area (TPSA) is 57.4 Å². The Bertz CT molecular complexity index is 375. The lowest BCUT2D eigenvalue weighted by atomic mass is 9.80. The van der Waals surface area contributed by atoms with E-state index < -0.39 is 0 Å². The van der Waals surface area contributed by atoms with Crippen LogP contribution in [0.1, 0.15) is 55.4 Å². The third kappa shape index (κ3) is 4.22. The zero-order chi connectivity index (χ0) is 16.0. The number of aromatic nitrogens is 1. The predicted molar refractivity (Wildman–Crippen MR) is 87.1 cm³/mol. The van der Waals surface area contributed by atoms with Gasteiger partial charge in [0.15, 0.2) is 0 Å². The van der Waals surface area contributed by atoms with Gasteiger partial charge in [0.1, 0.15) is 5.82 Å². The minimum Gasteiger partial charge on any atom is -0.399 e. The second-order valence-corrected chi connectivity index (χ2v) is 5.10. The predicted octanol–water partition coefficient (Wildman–Crippen LogP) is 3.02. The molecule has 1 fully saturated rings. The van der Waals surface area contributed by atoms with Gasteiger partial charge >= 0.3 is 7.12 Å². The van der Waals surface area contributed by atoms with E-state index in [2.05, 4.69) is 4.98 Å². The summed E-state index contributed by atoms with van der Waals surface area (Å²) in [4.78, 5) is 4.04. The lowest BCUT2D eigenvalue weighted by molar-refractivity contribution is 0.00578. The van der Waals surface area contributed by atoms with Crippen molar-refractivity contribution in [2.45, 2.75) is 66.6 Å². The summed E-state index contributed by atoms with van der Waals surface area (Å²) in [5, 5.41) is 0. The van der Waals surface area contributed by atoms with Crippen LogP contribution >= 0.6 is 0 Å². The summed E-state index contributed by atoms with van der Waals surface area (Å²) in [6, 6.07) is 3.63. The highest BCUT2D eigenvalue weighted by Gasteiger charge is 2.51. The Morgan fingerprint density at radius 2 is 1.40 bits per heavy atom. The van der Waals surface area contributed by atoms with Crippen molar-refractivity contribution in [1.82, 2.24) is 4.98 Å². The molecule has 0 aromatic carbocycles. The van der Waals surface area contributed by atoms with Crippen LogP contribution in [0.15, 0.2) is 18.3 Å². The second-order valence-electron chi connectivity index (χ2n) is 5.10. The molecule has 4 nitrogen and oxygen atoms in total. The van der Waals surface area contributed by atoms with Gasteiger partial charge in [-0.2, -0.15) is 0 Å². The molecule has 0 radical (unpaired) electrons. The van der Waals surface area contributed by atoms with E-state index in [0.717, 1.165) is 5.46 Å². The van der Waals surface area contributed by atoms with Crippen LogP contribution in [0.25, 0.3) is 0 Å². The molecule has 1 aromatic rings. The summed E-state index contributed by atoms with van der Waals surface area (Å²) in [7, 11) is -0.363. The van der Waals surface area contributed by atoms with E-state index in [0.29, 0.717) is 5.82 Å². The maximum absolute atomic E-state index is 5.89. The van der Waals surface area contributed by atoms with Gasteiger partial charge in [-0.3, -0.25) is 0 Å². The van der Waals surface area contributed by atoms with Crippen molar-refractivity contribution in [2.24, 2.45) is 0 Å². The average molecular weight is 280 g/mol. The Morgan fingerprint density at radius 3 is 1.75 bits per heavy atom. The van der Waals surface area contributed by atoms with Gasteiger partial charge in [0.25, 0.3) is 0 Å². The van der Waals surface area contributed by atoms with Crippen molar-refractivity contribution in [3.05, 3.63) is 18.3 Å². The maximum atomic E-state index is 5.89. The minimum absolute atomic E-state index is 0.320. The molecule has 114 valence electrons. The Morgan fingerprint density at radius 1 is 0.950 bits per heavy atom. The molecule has 20 heavy (non-hydrogen) atoms. The molecule has 0 amide bonds. The molecule has 2 N–H and O–H groups in total. The van der Waals surface area contributed by atoms with Gasteiger partial charge < -0.3 is 15.0 Å². The molecule has 0 aliphatic carbocycles. The van der Waals surface area contributed by atoms with E-state index in [9.17, 15) is 0 Å². The van der Waals surface area contributed by atoms with Crippen molar-refractivity contribution in [3.8, 4) is 0 Å². The molecular weight excluding hydrogens is 251 g/mol. The Hall–Kier alpha value is -1.07. The van der Waals surface area contributed by atoms with Crippen LogP contribution in [0, 0.1) is 0 Å². The number of anilines is 1. The lowest BCUT2D eigenvalue weighted by Crippen LogP contribution is -2.41. The number of nitrogen functional groups attached to an aromatic ring is 1. The molecule has 0 atom stereocenters. The van der Waals surface area contributed by atoms with Gasteiger partial charge in [0.05, 0.1) is 11.2 Å². The summed E-state index contributed by atoms with van der Waals surface area (Å²) in [6.45, 7) is 16.1. The number of rotatable bonds is 1. The summed E-state index contributed by atoms with van der Waals surface area (Å²) in [6.07, 6.45) is 1.69. The van der Waals surface area contributed by atoms with Crippen LogP contribution in [0.4, 0.5) is 5.82 Å². The molecule has 1 aromatic heterocycles. The van der Waals surface area contributed by atoms with Crippen LogP contribution in [-0.4, -0.2) is 23.3 Å². The molecule has 0 saturated carbocycles. The molecule has 2 heterocycles. The fourth-order valence-corrected chi connectivity index (χ4v) is 1.54. The van der Waals surface area contributed by atoms with Crippen molar-refractivity contribution in [3.63, 3.8) is 0 Å². The number of hydrogen-bond donors (Lipinski definition) is 1. The molecular formula is C15H29BN2O2. The van der Waals surface area contributed by atoms with E-state index in [1.54, 1.807) is 12.3 Å². The molecule has 0 spiro atoms. The van der Waals surface area contributed by atoms with Crippen molar-refractivity contribution in [2.75, 3.05) is 5.73 Å². The number of nitrogens with zero attached hydrogens (tertiary/aromatic N) is 1. The lowest BCUT2D eigenvalue weighted by Gasteiger charge is -2.32. The van der Waals surface area contributed by atoms with Crippen LogP contribution < -0.4 is 11.2 Å². The summed E-state index contributed by atoms with van der Waals surface area (Å²) >= 11 is 0. The number of nitrogens with two attached hydrogens (primary N) is 1. The quantitative estimate of drug-likeness (QED) is 0.803. The second kappa shape index (κ2) is 7.65. The molecule has 1 saturated heterocycles.